The van der Waals surface area contributed by atoms with E-state index in [1.807, 2.05) is 18.5 Å². The Morgan fingerprint density at radius 1 is 1.58 bits per heavy atom. The quantitative estimate of drug-likeness (QED) is 0.842. The molecular weight excluding hydrogens is 260 g/mol. The normalized spacial score (nSPS) is 19.4. The lowest BCUT2D eigenvalue weighted by Crippen LogP contribution is -2.14. The van der Waals surface area contributed by atoms with E-state index in [0.29, 0.717) is 17.4 Å². The van der Waals surface area contributed by atoms with E-state index in [-0.39, 0.29) is 5.78 Å². The van der Waals surface area contributed by atoms with Gasteiger partial charge in [0.2, 0.25) is 0 Å². The summed E-state index contributed by atoms with van der Waals surface area (Å²) in [5.74, 6) is 0.895. The monoisotopic (exact) mass is 280 g/mol. The molecule has 0 aromatic carbocycles. The largest absolute Gasteiger partial charge is 0.294 e. The number of halogens is 1. The zero-order valence-corrected chi connectivity index (χ0v) is 12.6. The van der Waals surface area contributed by atoms with Crippen LogP contribution in [0.1, 0.15) is 44.5 Å². The van der Waals surface area contributed by atoms with Crippen LogP contribution in [0.5, 0.6) is 0 Å². The average Bonchev–Trinajstić information content (AvgIpc) is 2.67. The molecule has 4 heteroatoms. The first-order chi connectivity index (χ1) is 9.02. The number of allylic oxidation sites excluding steroid dienone is 2. The maximum atomic E-state index is 12.3. The van der Waals surface area contributed by atoms with Crippen molar-refractivity contribution in [3.05, 3.63) is 28.1 Å². The van der Waals surface area contributed by atoms with Crippen LogP contribution in [-0.4, -0.2) is 15.6 Å². The Labute approximate surface area is 119 Å². The summed E-state index contributed by atoms with van der Waals surface area (Å²) in [4.78, 5) is 12.3. The maximum Gasteiger partial charge on any atom is 0.164 e. The molecule has 0 N–H and O–H groups in total. The van der Waals surface area contributed by atoms with Crippen LogP contribution in [0.3, 0.4) is 0 Å². The molecule has 0 bridgehead atoms. The molecule has 1 aliphatic carbocycles. The second-order valence-electron chi connectivity index (χ2n) is 5.37. The average molecular weight is 281 g/mol. The molecule has 2 rings (SSSR count). The SMILES string of the molecule is CCn1nc(C)c(Cl)c1CC(=O)C1=CCC(C)CC1. The van der Waals surface area contributed by atoms with E-state index in [2.05, 4.69) is 18.1 Å². The van der Waals surface area contributed by atoms with Crippen molar-refractivity contribution < 1.29 is 4.79 Å². The fourth-order valence-corrected chi connectivity index (χ4v) is 2.72. The molecule has 0 saturated heterocycles. The fourth-order valence-electron chi connectivity index (χ4n) is 2.52. The lowest BCUT2D eigenvalue weighted by atomic mass is 9.88. The van der Waals surface area contributed by atoms with Crippen molar-refractivity contribution in [2.75, 3.05) is 0 Å². The Bertz CT molecular complexity index is 516. The predicted octanol–water partition coefficient (Wildman–Crippen LogP) is 3.72. The summed E-state index contributed by atoms with van der Waals surface area (Å²) in [6, 6.07) is 0. The van der Waals surface area contributed by atoms with Crippen LogP contribution >= 0.6 is 11.6 Å². The summed E-state index contributed by atoms with van der Waals surface area (Å²) in [5.41, 5.74) is 2.62. The highest BCUT2D eigenvalue weighted by Crippen LogP contribution is 2.26. The van der Waals surface area contributed by atoms with Crippen LogP contribution in [0.2, 0.25) is 5.02 Å². The molecule has 3 nitrogen and oxygen atoms in total. The van der Waals surface area contributed by atoms with Gasteiger partial charge in [0, 0.05) is 6.54 Å². The van der Waals surface area contributed by atoms with Crippen molar-refractivity contribution in [1.29, 1.82) is 0 Å². The Morgan fingerprint density at radius 2 is 2.32 bits per heavy atom. The third-order valence-electron chi connectivity index (χ3n) is 3.81. The van der Waals surface area contributed by atoms with Crippen molar-refractivity contribution in [3.63, 3.8) is 0 Å². The molecule has 1 aliphatic rings. The number of hydrogen-bond acceptors (Lipinski definition) is 2. The van der Waals surface area contributed by atoms with Gasteiger partial charge in [-0.15, -0.1) is 0 Å². The Hall–Kier alpha value is -1.09. The van der Waals surface area contributed by atoms with Gasteiger partial charge >= 0.3 is 0 Å². The van der Waals surface area contributed by atoms with Crippen molar-refractivity contribution in [2.45, 2.75) is 53.0 Å². The molecule has 1 atom stereocenters. The Kier molecular flexibility index (Phi) is 4.46. The molecule has 0 spiro atoms. The van der Waals surface area contributed by atoms with Gasteiger partial charge in [-0.3, -0.25) is 9.48 Å². The molecule has 0 fully saturated rings. The highest BCUT2D eigenvalue weighted by atomic mass is 35.5. The number of hydrogen-bond donors (Lipinski definition) is 0. The number of carbonyl (C=O) groups excluding carboxylic acids is 1. The van der Waals surface area contributed by atoms with Crippen LogP contribution < -0.4 is 0 Å². The molecule has 104 valence electrons. The number of ketones is 1. The lowest BCUT2D eigenvalue weighted by Gasteiger charge is -2.17. The number of aromatic nitrogens is 2. The molecule has 1 heterocycles. The fraction of sp³-hybridized carbons (Fsp3) is 0.600. The van der Waals surface area contributed by atoms with Crippen molar-refractivity contribution >= 4 is 17.4 Å². The molecule has 1 aromatic rings. The van der Waals surface area contributed by atoms with Crippen molar-refractivity contribution in [1.82, 2.24) is 9.78 Å². The number of Topliss-reactive ketones (excluding diaryl/α,β-unsaturated/α-hetero) is 1. The van der Waals surface area contributed by atoms with Gasteiger partial charge in [-0.2, -0.15) is 5.10 Å². The van der Waals surface area contributed by atoms with E-state index in [4.69, 9.17) is 11.6 Å². The molecule has 0 amide bonds. The first-order valence-electron chi connectivity index (χ1n) is 6.97. The zero-order valence-electron chi connectivity index (χ0n) is 11.9. The highest BCUT2D eigenvalue weighted by molar-refractivity contribution is 6.32. The first-order valence-corrected chi connectivity index (χ1v) is 7.34. The summed E-state index contributed by atoms with van der Waals surface area (Å²) in [6.45, 7) is 6.86. The second kappa shape index (κ2) is 5.91. The minimum absolute atomic E-state index is 0.198. The summed E-state index contributed by atoms with van der Waals surface area (Å²) < 4.78 is 1.83. The van der Waals surface area contributed by atoms with Gasteiger partial charge in [0.1, 0.15) is 0 Å². The summed E-state index contributed by atoms with van der Waals surface area (Å²) in [5, 5.41) is 4.99. The maximum absolute atomic E-state index is 12.3. The zero-order chi connectivity index (χ0) is 14.0. The van der Waals surface area contributed by atoms with Gasteiger partial charge in [-0.25, -0.2) is 0 Å². The Morgan fingerprint density at radius 3 is 2.89 bits per heavy atom. The van der Waals surface area contributed by atoms with Gasteiger partial charge in [-0.05, 0) is 44.6 Å². The topological polar surface area (TPSA) is 34.9 Å². The first kappa shape index (κ1) is 14.3. The van der Waals surface area contributed by atoms with Gasteiger partial charge in [-0.1, -0.05) is 24.6 Å². The minimum Gasteiger partial charge on any atom is -0.294 e. The number of aryl methyl sites for hydroxylation is 2. The molecule has 19 heavy (non-hydrogen) atoms. The molecule has 0 aliphatic heterocycles. The van der Waals surface area contributed by atoms with Crippen molar-refractivity contribution in [2.24, 2.45) is 5.92 Å². The smallest absolute Gasteiger partial charge is 0.164 e. The van der Waals surface area contributed by atoms with Gasteiger partial charge in [0.15, 0.2) is 5.78 Å². The number of carbonyl (C=O) groups is 1. The highest BCUT2D eigenvalue weighted by Gasteiger charge is 2.20. The van der Waals surface area contributed by atoms with Crippen LogP contribution in [0.15, 0.2) is 11.6 Å². The molecular formula is C15H21ClN2O. The van der Waals surface area contributed by atoms with E-state index in [1.165, 1.54) is 0 Å². The summed E-state index contributed by atoms with van der Waals surface area (Å²) in [6.07, 6.45) is 5.49. The number of nitrogens with zero attached hydrogens (tertiary/aromatic N) is 2. The molecule has 0 saturated carbocycles. The minimum atomic E-state index is 0.198. The van der Waals surface area contributed by atoms with Gasteiger partial charge < -0.3 is 0 Å². The third-order valence-corrected chi connectivity index (χ3v) is 4.30. The lowest BCUT2D eigenvalue weighted by molar-refractivity contribution is -0.115. The van der Waals surface area contributed by atoms with Gasteiger partial charge in [0.05, 0.1) is 22.8 Å². The number of rotatable bonds is 4. The van der Waals surface area contributed by atoms with E-state index >= 15 is 0 Å². The second-order valence-corrected chi connectivity index (χ2v) is 5.75. The van der Waals surface area contributed by atoms with Crippen molar-refractivity contribution in [3.8, 4) is 0 Å². The summed E-state index contributed by atoms with van der Waals surface area (Å²) >= 11 is 6.24. The molecule has 1 unspecified atom stereocenters. The third kappa shape index (κ3) is 3.08. The summed E-state index contributed by atoms with van der Waals surface area (Å²) in [7, 11) is 0. The Balaban J connectivity index is 2.15. The van der Waals surface area contributed by atoms with Crippen LogP contribution in [0, 0.1) is 12.8 Å². The predicted molar refractivity (Wildman–Crippen MR) is 77.5 cm³/mol. The van der Waals surface area contributed by atoms with Crippen LogP contribution in [-0.2, 0) is 17.8 Å². The van der Waals surface area contributed by atoms with Gasteiger partial charge in [0.25, 0.3) is 0 Å². The van der Waals surface area contributed by atoms with Crippen LogP contribution in [0.4, 0.5) is 0 Å². The van der Waals surface area contributed by atoms with E-state index in [0.717, 1.165) is 42.8 Å². The molecule has 0 radical (unpaired) electrons. The van der Waals surface area contributed by atoms with E-state index < -0.39 is 0 Å². The standard InChI is InChI=1S/C15H21ClN2O/c1-4-18-13(15(16)11(3)17-18)9-14(19)12-7-5-10(2)6-8-12/h7,10H,4-6,8-9H2,1-3H3. The van der Waals surface area contributed by atoms with E-state index in [1.54, 1.807) is 0 Å². The molecule has 1 aromatic heterocycles. The van der Waals surface area contributed by atoms with E-state index in [9.17, 15) is 4.79 Å². The van der Waals surface area contributed by atoms with Crippen LogP contribution in [0.25, 0.3) is 0 Å².